The Hall–Kier alpha value is -2.53. The SMILES string of the molecule is Cc1ccc2nc(NC(=O)COC(=O)c3ccc(Cl)c(S(=O)(=O)N4CCCCC4)c3)sc2c1. The third-order valence-corrected chi connectivity index (χ3v) is 8.54. The minimum atomic E-state index is -3.83. The molecule has 174 valence electrons. The van der Waals surface area contributed by atoms with Crippen molar-refractivity contribution in [3.8, 4) is 0 Å². The molecule has 0 aliphatic carbocycles. The van der Waals surface area contributed by atoms with Crippen molar-refractivity contribution in [1.82, 2.24) is 9.29 Å². The molecule has 0 unspecified atom stereocenters. The number of aromatic nitrogens is 1. The second-order valence-corrected chi connectivity index (χ2v) is 11.1. The van der Waals surface area contributed by atoms with Crippen molar-refractivity contribution in [2.45, 2.75) is 31.1 Å². The average Bonchev–Trinajstić information content (AvgIpc) is 3.19. The predicted molar refractivity (Wildman–Crippen MR) is 127 cm³/mol. The first-order chi connectivity index (χ1) is 15.7. The van der Waals surface area contributed by atoms with Gasteiger partial charge in [-0.15, -0.1) is 0 Å². The molecule has 0 bridgehead atoms. The van der Waals surface area contributed by atoms with E-state index < -0.39 is 28.5 Å². The van der Waals surface area contributed by atoms with Gasteiger partial charge in [0.25, 0.3) is 5.91 Å². The van der Waals surface area contributed by atoms with Gasteiger partial charge in [-0.1, -0.05) is 35.4 Å². The maximum Gasteiger partial charge on any atom is 0.338 e. The number of halogens is 1. The zero-order valence-electron chi connectivity index (χ0n) is 17.8. The molecule has 1 amide bonds. The number of carbonyl (C=O) groups is 2. The standard InChI is InChI=1S/C22H22ClN3O5S2/c1-14-5-8-17-18(11-14)32-22(24-17)25-20(27)13-31-21(28)15-6-7-16(23)19(12-15)33(29,30)26-9-3-2-4-10-26/h5-8,11-12H,2-4,9-10,13H2,1H3,(H,24,25,27). The van der Waals surface area contributed by atoms with Gasteiger partial charge >= 0.3 is 5.97 Å². The Morgan fingerprint density at radius 2 is 1.91 bits per heavy atom. The Morgan fingerprint density at radius 3 is 2.67 bits per heavy atom. The first-order valence-corrected chi connectivity index (χ1v) is 13.0. The zero-order valence-corrected chi connectivity index (χ0v) is 20.2. The summed E-state index contributed by atoms with van der Waals surface area (Å²) in [7, 11) is -3.83. The van der Waals surface area contributed by atoms with Crippen LogP contribution in [0.25, 0.3) is 10.2 Å². The maximum absolute atomic E-state index is 13.0. The molecule has 33 heavy (non-hydrogen) atoms. The predicted octanol–water partition coefficient (Wildman–Crippen LogP) is 4.23. The fourth-order valence-electron chi connectivity index (χ4n) is 3.53. The van der Waals surface area contributed by atoms with E-state index in [0.29, 0.717) is 18.2 Å². The van der Waals surface area contributed by atoms with E-state index in [9.17, 15) is 18.0 Å². The van der Waals surface area contributed by atoms with E-state index >= 15 is 0 Å². The minimum absolute atomic E-state index is 0.00162. The topological polar surface area (TPSA) is 106 Å². The number of esters is 1. The molecule has 0 saturated carbocycles. The summed E-state index contributed by atoms with van der Waals surface area (Å²) in [6, 6.07) is 9.68. The number of sulfonamides is 1. The third-order valence-electron chi connectivity index (χ3n) is 5.22. The Bertz CT molecular complexity index is 1320. The lowest BCUT2D eigenvalue weighted by Gasteiger charge is -2.26. The van der Waals surface area contributed by atoms with Crippen LogP contribution in [-0.2, 0) is 19.6 Å². The summed E-state index contributed by atoms with van der Waals surface area (Å²) in [4.78, 5) is 28.9. The van der Waals surface area contributed by atoms with Crippen molar-refractivity contribution >= 4 is 60.2 Å². The molecule has 1 fully saturated rings. The molecule has 11 heteroatoms. The van der Waals surface area contributed by atoms with Crippen molar-refractivity contribution < 1.29 is 22.7 Å². The van der Waals surface area contributed by atoms with Gasteiger partial charge in [-0.25, -0.2) is 18.2 Å². The number of ether oxygens (including phenoxy) is 1. The van der Waals surface area contributed by atoms with E-state index in [1.54, 1.807) is 0 Å². The first-order valence-electron chi connectivity index (χ1n) is 10.4. The quantitative estimate of drug-likeness (QED) is 0.500. The number of hydrogen-bond acceptors (Lipinski definition) is 7. The second kappa shape index (κ2) is 9.76. The fraction of sp³-hybridized carbons (Fsp3) is 0.318. The van der Waals surface area contributed by atoms with Crippen LogP contribution in [0.15, 0.2) is 41.3 Å². The van der Waals surface area contributed by atoms with Gasteiger partial charge < -0.3 is 4.74 Å². The Labute approximate surface area is 200 Å². The molecule has 1 aliphatic heterocycles. The molecule has 1 aliphatic rings. The summed E-state index contributed by atoms with van der Waals surface area (Å²) in [6.07, 6.45) is 2.54. The van der Waals surface area contributed by atoms with Gasteiger partial charge in [-0.2, -0.15) is 4.31 Å². The highest BCUT2D eigenvalue weighted by Gasteiger charge is 2.29. The van der Waals surface area contributed by atoms with Crippen molar-refractivity contribution in [1.29, 1.82) is 0 Å². The lowest BCUT2D eigenvalue weighted by molar-refractivity contribution is -0.119. The molecule has 3 aromatic rings. The number of carbonyl (C=O) groups excluding carboxylic acids is 2. The van der Waals surface area contributed by atoms with Crippen LogP contribution in [0.3, 0.4) is 0 Å². The number of fused-ring (bicyclic) bond motifs is 1. The van der Waals surface area contributed by atoms with Crippen molar-refractivity contribution in [3.63, 3.8) is 0 Å². The number of amides is 1. The van der Waals surface area contributed by atoms with Crippen molar-refractivity contribution in [2.75, 3.05) is 25.0 Å². The molecule has 1 N–H and O–H groups in total. The molecule has 8 nitrogen and oxygen atoms in total. The van der Waals surface area contributed by atoms with Gasteiger partial charge in [0, 0.05) is 13.1 Å². The van der Waals surface area contributed by atoms with Crippen LogP contribution in [0.5, 0.6) is 0 Å². The van der Waals surface area contributed by atoms with Crippen LogP contribution in [0.1, 0.15) is 35.2 Å². The van der Waals surface area contributed by atoms with Gasteiger partial charge in [-0.3, -0.25) is 10.1 Å². The number of aryl methyl sites for hydroxylation is 1. The fourth-order valence-corrected chi connectivity index (χ4v) is 6.53. The van der Waals surface area contributed by atoms with Gasteiger partial charge in [0.15, 0.2) is 11.7 Å². The molecule has 2 aromatic carbocycles. The van der Waals surface area contributed by atoms with Crippen molar-refractivity contribution in [2.24, 2.45) is 0 Å². The highest BCUT2D eigenvalue weighted by Crippen LogP contribution is 2.29. The van der Waals surface area contributed by atoms with Gasteiger partial charge in [0.1, 0.15) is 4.90 Å². The van der Waals surface area contributed by atoms with E-state index in [0.717, 1.165) is 35.0 Å². The molecule has 0 atom stereocenters. The first kappa shape index (κ1) is 23.6. The Kier molecular flexibility index (Phi) is 6.99. The molecule has 1 aromatic heterocycles. The lowest BCUT2D eigenvalue weighted by Crippen LogP contribution is -2.35. The summed E-state index contributed by atoms with van der Waals surface area (Å²) in [5.41, 5.74) is 1.85. The molecule has 4 rings (SSSR count). The van der Waals surface area contributed by atoms with E-state index in [-0.39, 0.29) is 15.5 Å². The van der Waals surface area contributed by atoms with Crippen LogP contribution < -0.4 is 5.32 Å². The number of thiazole rings is 1. The average molecular weight is 508 g/mol. The van der Waals surface area contributed by atoms with Crippen LogP contribution in [0.4, 0.5) is 5.13 Å². The number of rotatable bonds is 6. The lowest BCUT2D eigenvalue weighted by atomic mass is 10.2. The smallest absolute Gasteiger partial charge is 0.338 e. The number of hydrogen-bond donors (Lipinski definition) is 1. The monoisotopic (exact) mass is 507 g/mol. The van der Waals surface area contributed by atoms with E-state index in [1.807, 2.05) is 25.1 Å². The summed E-state index contributed by atoms with van der Waals surface area (Å²) in [5, 5.41) is 3.04. The number of nitrogens with zero attached hydrogens (tertiary/aromatic N) is 2. The number of anilines is 1. The highest BCUT2D eigenvalue weighted by atomic mass is 35.5. The third kappa shape index (κ3) is 5.35. The summed E-state index contributed by atoms with van der Waals surface area (Å²) in [5.74, 6) is -1.37. The van der Waals surface area contributed by atoms with E-state index in [1.165, 1.54) is 33.8 Å². The van der Waals surface area contributed by atoms with Gasteiger partial charge in [0.2, 0.25) is 10.0 Å². The normalized spacial score (nSPS) is 14.8. The van der Waals surface area contributed by atoms with E-state index in [2.05, 4.69) is 10.3 Å². The van der Waals surface area contributed by atoms with Gasteiger partial charge in [-0.05, 0) is 55.7 Å². The largest absolute Gasteiger partial charge is 0.452 e. The minimum Gasteiger partial charge on any atom is -0.452 e. The molecule has 2 heterocycles. The zero-order chi connectivity index (χ0) is 23.6. The summed E-state index contributed by atoms with van der Waals surface area (Å²) < 4.78 is 33.3. The van der Waals surface area contributed by atoms with E-state index in [4.69, 9.17) is 16.3 Å². The molecular formula is C22H22ClN3O5S2. The van der Waals surface area contributed by atoms with Crippen LogP contribution in [-0.4, -0.2) is 49.3 Å². The molecule has 0 radical (unpaired) electrons. The second-order valence-electron chi connectivity index (χ2n) is 7.72. The van der Waals surface area contributed by atoms with Crippen LogP contribution >= 0.6 is 22.9 Å². The van der Waals surface area contributed by atoms with Crippen molar-refractivity contribution in [3.05, 3.63) is 52.5 Å². The Morgan fingerprint density at radius 1 is 1.15 bits per heavy atom. The molecular weight excluding hydrogens is 486 g/mol. The molecule has 0 spiro atoms. The van der Waals surface area contributed by atoms with Crippen LogP contribution in [0.2, 0.25) is 5.02 Å². The number of piperidine rings is 1. The summed E-state index contributed by atoms with van der Waals surface area (Å²) in [6.45, 7) is 2.26. The highest BCUT2D eigenvalue weighted by molar-refractivity contribution is 7.89. The summed E-state index contributed by atoms with van der Waals surface area (Å²) >= 11 is 7.46. The number of nitrogens with one attached hydrogen (secondary N) is 1. The Balaban J connectivity index is 1.41. The molecule has 1 saturated heterocycles. The number of benzene rings is 2. The van der Waals surface area contributed by atoms with Crippen LogP contribution in [0, 0.1) is 6.92 Å². The maximum atomic E-state index is 13.0. The van der Waals surface area contributed by atoms with Gasteiger partial charge in [0.05, 0.1) is 20.8 Å².